The van der Waals surface area contributed by atoms with E-state index in [1.54, 1.807) is 13.8 Å². The number of para-hydroxylation sites is 2. The highest BCUT2D eigenvalue weighted by molar-refractivity contribution is 6.31. The highest BCUT2D eigenvalue weighted by Gasteiger charge is 2.56. The molecule has 0 amide bonds. The fourth-order valence-electron chi connectivity index (χ4n) is 5.44. The zero-order chi connectivity index (χ0) is 28.1. The molecular formula is C30H31N3O6. The number of phenols is 2. The number of nitrogens with one attached hydrogen (secondary N) is 2. The van der Waals surface area contributed by atoms with Crippen LogP contribution in [-0.4, -0.2) is 44.1 Å². The van der Waals surface area contributed by atoms with Crippen molar-refractivity contribution >= 4 is 28.4 Å². The summed E-state index contributed by atoms with van der Waals surface area (Å²) in [5.41, 5.74) is 0.916. The number of benzene rings is 2. The van der Waals surface area contributed by atoms with Gasteiger partial charge in [0.15, 0.2) is 17.3 Å². The molecule has 2 aliphatic rings. The van der Waals surface area contributed by atoms with Gasteiger partial charge in [-0.15, -0.1) is 0 Å². The SMILES string of the molecule is CC(=O)c1c(O)c(C)c(O)c2c1OC1=CC(=O)/C(=C(/C)NCCCCCc3nc4ccccc4[nH]3)C(=O)[C@@]12C. The number of unbranched alkanes of at least 4 members (excludes halogenated alkanes) is 2. The van der Waals surface area contributed by atoms with Crippen molar-refractivity contribution in [3.05, 3.63) is 69.9 Å². The second-order valence-electron chi connectivity index (χ2n) is 10.3. The van der Waals surface area contributed by atoms with Crippen molar-refractivity contribution in [3.63, 3.8) is 0 Å². The standard InChI is InChI=1S/C30H31N3O6/c1-15-26(36)24(17(3)34)28-25(27(15)37)30(4)21(39-28)14-20(35)23(29(30)38)16(2)31-13-9-5-6-12-22-32-18-10-7-8-11-19(18)33-22/h7-8,10-11,14,31,36-37H,5-6,9,12-13H2,1-4H3,(H,32,33)/b23-16+/t30-/m0/s1. The molecule has 1 aliphatic heterocycles. The Labute approximate surface area is 225 Å². The maximum absolute atomic E-state index is 13.8. The Balaban J connectivity index is 1.30. The summed E-state index contributed by atoms with van der Waals surface area (Å²) in [6.45, 7) is 6.53. The molecule has 0 spiro atoms. The molecule has 0 unspecified atom stereocenters. The highest BCUT2D eigenvalue weighted by Crippen LogP contribution is 2.57. The van der Waals surface area contributed by atoms with Crippen LogP contribution >= 0.6 is 0 Å². The normalized spacial score (nSPS) is 19.4. The van der Waals surface area contributed by atoms with Crippen LogP contribution in [0.3, 0.4) is 0 Å². The number of carbonyl (C=O) groups is 3. The van der Waals surface area contributed by atoms with E-state index in [4.69, 9.17) is 4.74 Å². The molecular weight excluding hydrogens is 498 g/mol. The minimum atomic E-state index is -1.51. The fraction of sp³-hybridized carbons (Fsp3) is 0.333. The number of hydrogen-bond acceptors (Lipinski definition) is 8. The van der Waals surface area contributed by atoms with E-state index in [2.05, 4.69) is 15.3 Å². The van der Waals surface area contributed by atoms with Gasteiger partial charge in [0.2, 0.25) is 0 Å². The number of H-pyrrole nitrogens is 1. The zero-order valence-corrected chi connectivity index (χ0v) is 22.4. The molecule has 0 fully saturated rings. The van der Waals surface area contributed by atoms with Gasteiger partial charge >= 0.3 is 0 Å². The number of aromatic nitrogens is 2. The van der Waals surface area contributed by atoms with Crippen LogP contribution in [0.2, 0.25) is 0 Å². The van der Waals surface area contributed by atoms with Gasteiger partial charge in [-0.25, -0.2) is 4.98 Å². The number of hydrogen-bond donors (Lipinski definition) is 4. The number of aryl methyl sites for hydroxylation is 1. The summed E-state index contributed by atoms with van der Waals surface area (Å²) < 4.78 is 5.80. The number of phenolic OH excluding ortho intramolecular Hbond substituents is 2. The van der Waals surface area contributed by atoms with Crippen molar-refractivity contribution in [1.82, 2.24) is 15.3 Å². The second kappa shape index (κ2) is 9.72. The number of rotatable bonds is 8. The summed E-state index contributed by atoms with van der Waals surface area (Å²) in [7, 11) is 0. The molecule has 1 atom stereocenters. The van der Waals surface area contributed by atoms with Crippen LogP contribution in [0.4, 0.5) is 0 Å². The van der Waals surface area contributed by atoms with Crippen LogP contribution in [0.15, 0.2) is 47.4 Å². The summed E-state index contributed by atoms with van der Waals surface area (Å²) in [4.78, 5) is 47.1. The Bertz CT molecular complexity index is 1580. The first-order valence-corrected chi connectivity index (χ1v) is 13.0. The molecule has 202 valence electrons. The Morgan fingerprint density at radius 3 is 2.56 bits per heavy atom. The van der Waals surface area contributed by atoms with E-state index in [9.17, 15) is 24.6 Å². The van der Waals surface area contributed by atoms with Crippen LogP contribution in [0.1, 0.15) is 67.3 Å². The van der Waals surface area contributed by atoms with Gasteiger partial charge in [0, 0.05) is 30.3 Å². The summed E-state index contributed by atoms with van der Waals surface area (Å²) in [5, 5.41) is 24.6. The number of carbonyl (C=O) groups excluding carboxylic acids is 3. The lowest BCUT2D eigenvalue weighted by molar-refractivity contribution is -0.123. The number of ketones is 3. The summed E-state index contributed by atoms with van der Waals surface area (Å²) in [6.07, 6.45) is 4.76. The molecule has 9 nitrogen and oxygen atoms in total. The Hall–Kier alpha value is -4.40. The van der Waals surface area contributed by atoms with E-state index in [0.717, 1.165) is 42.5 Å². The molecule has 5 rings (SSSR count). The van der Waals surface area contributed by atoms with Crippen LogP contribution in [0.5, 0.6) is 17.2 Å². The lowest BCUT2D eigenvalue weighted by Gasteiger charge is -2.29. The summed E-state index contributed by atoms with van der Waals surface area (Å²) in [5.74, 6) is -1.39. The van der Waals surface area contributed by atoms with Gasteiger partial charge < -0.3 is 25.3 Å². The first-order valence-electron chi connectivity index (χ1n) is 13.0. The smallest absolute Gasteiger partial charge is 0.194 e. The quantitative estimate of drug-likeness (QED) is 0.145. The lowest BCUT2D eigenvalue weighted by Crippen LogP contribution is -2.41. The van der Waals surface area contributed by atoms with Crippen molar-refractivity contribution in [2.45, 2.75) is 58.8 Å². The minimum Gasteiger partial charge on any atom is -0.507 e. The Morgan fingerprint density at radius 1 is 1.10 bits per heavy atom. The van der Waals surface area contributed by atoms with Crippen molar-refractivity contribution < 1.29 is 29.3 Å². The van der Waals surface area contributed by atoms with Gasteiger partial charge in [-0.2, -0.15) is 0 Å². The average Bonchev–Trinajstić information content (AvgIpc) is 3.43. The monoisotopic (exact) mass is 529 g/mol. The van der Waals surface area contributed by atoms with Crippen molar-refractivity contribution in [3.8, 4) is 17.2 Å². The van der Waals surface area contributed by atoms with Crippen molar-refractivity contribution in [1.29, 1.82) is 0 Å². The number of aromatic hydroxyl groups is 2. The van der Waals surface area contributed by atoms with Gasteiger partial charge in [0.05, 0.1) is 22.2 Å². The first kappa shape index (κ1) is 26.2. The second-order valence-corrected chi connectivity index (χ2v) is 10.3. The van der Waals surface area contributed by atoms with Crippen molar-refractivity contribution in [2.75, 3.05) is 6.54 Å². The van der Waals surface area contributed by atoms with Crippen LogP contribution < -0.4 is 10.1 Å². The van der Waals surface area contributed by atoms with E-state index in [-0.39, 0.29) is 39.5 Å². The molecule has 1 aromatic heterocycles. The molecule has 0 radical (unpaired) electrons. The molecule has 0 saturated heterocycles. The van der Waals surface area contributed by atoms with E-state index in [0.29, 0.717) is 12.2 Å². The molecule has 1 aliphatic carbocycles. The number of aromatic amines is 1. The predicted octanol–water partition coefficient (Wildman–Crippen LogP) is 4.45. The number of ether oxygens (including phenoxy) is 1. The lowest BCUT2D eigenvalue weighted by atomic mass is 9.70. The third-order valence-corrected chi connectivity index (χ3v) is 7.68. The van der Waals surface area contributed by atoms with Gasteiger partial charge in [-0.3, -0.25) is 14.4 Å². The molecule has 2 aromatic carbocycles. The first-order chi connectivity index (χ1) is 18.6. The number of imidazole rings is 1. The zero-order valence-electron chi connectivity index (χ0n) is 22.4. The molecule has 2 heterocycles. The van der Waals surface area contributed by atoms with Crippen LogP contribution in [0, 0.1) is 6.92 Å². The van der Waals surface area contributed by atoms with Gasteiger partial charge in [0.1, 0.15) is 39.8 Å². The Morgan fingerprint density at radius 2 is 1.85 bits per heavy atom. The maximum atomic E-state index is 13.8. The molecule has 0 saturated carbocycles. The fourth-order valence-corrected chi connectivity index (χ4v) is 5.44. The van der Waals surface area contributed by atoms with Gasteiger partial charge in [-0.1, -0.05) is 18.6 Å². The number of fused-ring (bicyclic) bond motifs is 4. The number of Topliss-reactive ketones (excluding diaryl/α,β-unsaturated/α-hetero) is 2. The summed E-state index contributed by atoms with van der Waals surface area (Å²) >= 11 is 0. The molecule has 3 aromatic rings. The minimum absolute atomic E-state index is 0.0190. The third-order valence-electron chi connectivity index (χ3n) is 7.68. The van der Waals surface area contributed by atoms with E-state index < -0.39 is 28.5 Å². The molecule has 4 N–H and O–H groups in total. The van der Waals surface area contributed by atoms with Crippen LogP contribution in [0.25, 0.3) is 11.0 Å². The van der Waals surface area contributed by atoms with Gasteiger partial charge in [0.25, 0.3) is 0 Å². The van der Waals surface area contributed by atoms with Crippen molar-refractivity contribution in [2.24, 2.45) is 0 Å². The number of allylic oxidation sites excluding steroid dienone is 4. The Kier molecular flexibility index (Phi) is 6.54. The number of nitrogens with zero attached hydrogens (tertiary/aromatic N) is 1. The third kappa shape index (κ3) is 4.18. The highest BCUT2D eigenvalue weighted by atomic mass is 16.5. The molecule has 39 heavy (non-hydrogen) atoms. The van der Waals surface area contributed by atoms with E-state index in [1.807, 2.05) is 24.3 Å². The summed E-state index contributed by atoms with van der Waals surface area (Å²) in [6, 6.07) is 7.92. The molecule has 9 heteroatoms. The maximum Gasteiger partial charge on any atom is 0.194 e. The molecule has 0 bridgehead atoms. The largest absolute Gasteiger partial charge is 0.507 e. The van der Waals surface area contributed by atoms with E-state index >= 15 is 0 Å². The topological polar surface area (TPSA) is 142 Å². The van der Waals surface area contributed by atoms with E-state index in [1.165, 1.54) is 19.9 Å². The average molecular weight is 530 g/mol. The van der Waals surface area contributed by atoms with Gasteiger partial charge in [-0.05, 0) is 52.7 Å². The predicted molar refractivity (Wildman–Crippen MR) is 145 cm³/mol. The van der Waals surface area contributed by atoms with Crippen LogP contribution in [-0.2, 0) is 21.4 Å².